The number of para-hydroxylation sites is 2. The average molecular weight is 324 g/mol. The number of oxazole rings is 1. The predicted octanol–water partition coefficient (Wildman–Crippen LogP) is 5.58. The third kappa shape index (κ3) is 2.99. The first-order chi connectivity index (χ1) is 10.4. The van der Waals surface area contributed by atoms with Crippen LogP contribution in [0.3, 0.4) is 0 Å². The van der Waals surface area contributed by atoms with Crippen molar-refractivity contribution >= 4 is 33.8 Å². The molecule has 0 atom stereocenters. The molecule has 1 aromatic heterocycles. The molecule has 6 heteroatoms. The van der Waals surface area contributed by atoms with Crippen LogP contribution in [0.2, 0.25) is 0 Å². The van der Waals surface area contributed by atoms with Gasteiger partial charge in [0.05, 0.1) is 5.56 Å². The third-order valence-electron chi connectivity index (χ3n) is 3.01. The third-order valence-corrected chi connectivity index (χ3v) is 3.28. The van der Waals surface area contributed by atoms with Gasteiger partial charge in [-0.15, -0.1) is 0 Å². The van der Waals surface area contributed by atoms with Crippen LogP contribution in [-0.4, -0.2) is 4.98 Å². The van der Waals surface area contributed by atoms with Gasteiger partial charge in [0.15, 0.2) is 5.58 Å². The molecule has 112 valence electrons. The van der Waals surface area contributed by atoms with E-state index in [-0.39, 0.29) is 10.9 Å². The lowest BCUT2D eigenvalue weighted by molar-refractivity contribution is -0.137. The Balaban J connectivity index is 1.97. The highest BCUT2D eigenvalue weighted by atomic mass is 35.5. The first-order valence-corrected chi connectivity index (χ1v) is 6.72. The van der Waals surface area contributed by atoms with Crippen molar-refractivity contribution < 1.29 is 17.6 Å². The highest BCUT2D eigenvalue weighted by Gasteiger charge is 2.30. The minimum Gasteiger partial charge on any atom is -0.435 e. The van der Waals surface area contributed by atoms with Gasteiger partial charge in [-0.25, -0.2) is 4.98 Å². The van der Waals surface area contributed by atoms with Crippen LogP contribution in [0.25, 0.3) is 22.2 Å². The van der Waals surface area contributed by atoms with Crippen molar-refractivity contribution in [3.63, 3.8) is 0 Å². The number of aromatic nitrogens is 1. The molecule has 0 bridgehead atoms. The Hall–Kier alpha value is -2.27. The molecule has 22 heavy (non-hydrogen) atoms. The molecule has 0 aliphatic rings. The second-order valence-corrected chi connectivity index (χ2v) is 5.01. The molecular weight excluding hydrogens is 315 g/mol. The number of fused-ring (bicyclic) bond motifs is 1. The van der Waals surface area contributed by atoms with E-state index in [0.717, 1.165) is 12.1 Å². The summed E-state index contributed by atoms with van der Waals surface area (Å²) in [7, 11) is 0. The van der Waals surface area contributed by atoms with E-state index in [1.165, 1.54) is 18.2 Å². The number of hydrogen-bond donors (Lipinski definition) is 0. The van der Waals surface area contributed by atoms with E-state index in [4.69, 9.17) is 16.0 Å². The van der Waals surface area contributed by atoms with E-state index in [2.05, 4.69) is 4.98 Å². The normalized spacial score (nSPS) is 12.8. The molecule has 2 aromatic carbocycles. The van der Waals surface area contributed by atoms with Crippen LogP contribution in [0.15, 0.2) is 52.9 Å². The van der Waals surface area contributed by atoms with Gasteiger partial charge >= 0.3 is 6.18 Å². The number of halogens is 4. The van der Waals surface area contributed by atoms with Gasteiger partial charge in [0.1, 0.15) is 10.5 Å². The molecule has 1 heterocycles. The Labute approximate surface area is 128 Å². The summed E-state index contributed by atoms with van der Waals surface area (Å²) in [5, 5.41) is 0.135. The summed E-state index contributed by atoms with van der Waals surface area (Å²) in [6, 6.07) is 12.0. The summed E-state index contributed by atoms with van der Waals surface area (Å²) >= 11 is 6.10. The van der Waals surface area contributed by atoms with Gasteiger partial charge in [-0.2, -0.15) is 13.2 Å². The van der Waals surface area contributed by atoms with Gasteiger partial charge in [-0.1, -0.05) is 35.9 Å². The van der Waals surface area contributed by atoms with Crippen molar-refractivity contribution in [3.05, 3.63) is 65.5 Å². The maximum atomic E-state index is 12.7. The van der Waals surface area contributed by atoms with Gasteiger partial charge in [0.25, 0.3) is 0 Å². The largest absolute Gasteiger partial charge is 0.435 e. The number of hydrogen-bond acceptors (Lipinski definition) is 2. The van der Waals surface area contributed by atoms with Gasteiger partial charge in [-0.3, -0.25) is 0 Å². The molecule has 3 rings (SSSR count). The van der Waals surface area contributed by atoms with Crippen molar-refractivity contribution in [1.82, 2.24) is 4.98 Å². The second kappa shape index (κ2) is 5.50. The molecule has 0 saturated carbocycles. The minimum atomic E-state index is -4.39. The number of alkyl halides is 3. The van der Waals surface area contributed by atoms with E-state index in [0.29, 0.717) is 16.7 Å². The highest BCUT2D eigenvalue weighted by molar-refractivity contribution is 6.50. The van der Waals surface area contributed by atoms with Gasteiger partial charge in [0.2, 0.25) is 5.89 Å². The maximum Gasteiger partial charge on any atom is 0.416 e. The Bertz CT molecular complexity index is 819. The molecule has 2 nitrogen and oxygen atoms in total. The fourth-order valence-electron chi connectivity index (χ4n) is 1.99. The molecule has 0 N–H and O–H groups in total. The molecule has 0 spiro atoms. The monoisotopic (exact) mass is 323 g/mol. The summed E-state index contributed by atoms with van der Waals surface area (Å²) in [5.41, 5.74) is 0.784. The topological polar surface area (TPSA) is 26.0 Å². The number of nitrogens with zero attached hydrogens (tertiary/aromatic N) is 1. The van der Waals surface area contributed by atoms with Crippen LogP contribution in [0.5, 0.6) is 0 Å². The highest BCUT2D eigenvalue weighted by Crippen LogP contribution is 2.31. The van der Waals surface area contributed by atoms with Crippen molar-refractivity contribution in [2.24, 2.45) is 0 Å². The zero-order chi connectivity index (χ0) is 15.7. The summed E-state index contributed by atoms with van der Waals surface area (Å²) in [6.45, 7) is 0. The molecule has 0 fully saturated rings. The van der Waals surface area contributed by atoms with Gasteiger partial charge < -0.3 is 4.42 Å². The van der Waals surface area contributed by atoms with Crippen molar-refractivity contribution in [1.29, 1.82) is 0 Å². The van der Waals surface area contributed by atoms with Crippen LogP contribution in [-0.2, 0) is 6.18 Å². The van der Waals surface area contributed by atoms with E-state index < -0.39 is 11.7 Å². The van der Waals surface area contributed by atoms with E-state index in [9.17, 15) is 13.2 Å². The maximum absolute atomic E-state index is 12.7. The number of benzene rings is 2. The van der Waals surface area contributed by atoms with Crippen LogP contribution >= 0.6 is 11.6 Å². The SMILES string of the molecule is FC(F)(F)c1cccc(C=C(Cl)c2nc3ccccc3o2)c1. The molecule has 3 aromatic rings. The summed E-state index contributed by atoms with van der Waals surface area (Å²) in [5.74, 6) is 0.167. The fourth-order valence-corrected chi connectivity index (χ4v) is 2.19. The molecule has 0 saturated heterocycles. The molecular formula is C16H9ClF3NO. The van der Waals surface area contributed by atoms with Gasteiger partial charge in [-0.05, 0) is 35.9 Å². The number of rotatable bonds is 2. The van der Waals surface area contributed by atoms with Crippen molar-refractivity contribution in [3.8, 4) is 0 Å². The minimum absolute atomic E-state index is 0.135. The Morgan fingerprint density at radius 2 is 1.86 bits per heavy atom. The van der Waals surface area contributed by atoms with Crippen LogP contribution in [0.4, 0.5) is 13.2 Å². The quantitative estimate of drug-likeness (QED) is 0.615. The average Bonchev–Trinajstić information content (AvgIpc) is 2.90. The first kappa shape index (κ1) is 14.7. The second-order valence-electron chi connectivity index (χ2n) is 4.60. The molecule has 0 amide bonds. The molecule has 0 aliphatic heterocycles. The zero-order valence-electron chi connectivity index (χ0n) is 11.1. The van der Waals surface area contributed by atoms with Crippen LogP contribution < -0.4 is 0 Å². The lowest BCUT2D eigenvalue weighted by Crippen LogP contribution is -2.04. The van der Waals surface area contributed by atoms with Crippen molar-refractivity contribution in [2.45, 2.75) is 6.18 Å². The van der Waals surface area contributed by atoms with E-state index in [1.54, 1.807) is 24.3 Å². The summed E-state index contributed by atoms with van der Waals surface area (Å²) in [4.78, 5) is 4.19. The van der Waals surface area contributed by atoms with E-state index >= 15 is 0 Å². The zero-order valence-corrected chi connectivity index (χ0v) is 11.8. The van der Waals surface area contributed by atoms with Crippen LogP contribution in [0, 0.1) is 0 Å². The molecule has 0 radical (unpaired) electrons. The molecule has 0 unspecified atom stereocenters. The van der Waals surface area contributed by atoms with E-state index in [1.807, 2.05) is 0 Å². The lowest BCUT2D eigenvalue weighted by Gasteiger charge is -2.06. The lowest BCUT2D eigenvalue weighted by atomic mass is 10.1. The standard InChI is InChI=1S/C16H9ClF3NO/c17-12(15-21-13-6-1-2-7-14(13)22-15)9-10-4-3-5-11(8-10)16(18,19)20/h1-9H. The summed E-state index contributed by atoms with van der Waals surface area (Å²) < 4.78 is 43.5. The van der Waals surface area contributed by atoms with Crippen LogP contribution in [0.1, 0.15) is 17.0 Å². The fraction of sp³-hybridized carbons (Fsp3) is 0.0625. The first-order valence-electron chi connectivity index (χ1n) is 6.34. The smallest absolute Gasteiger partial charge is 0.416 e. The Morgan fingerprint density at radius 1 is 1.09 bits per heavy atom. The summed E-state index contributed by atoms with van der Waals surface area (Å²) in [6.07, 6.45) is -3.00. The van der Waals surface area contributed by atoms with Crippen molar-refractivity contribution in [2.75, 3.05) is 0 Å². The Morgan fingerprint density at radius 3 is 2.59 bits per heavy atom. The molecule has 0 aliphatic carbocycles. The van der Waals surface area contributed by atoms with Gasteiger partial charge in [0, 0.05) is 0 Å². The Kier molecular flexibility index (Phi) is 3.66. The predicted molar refractivity (Wildman–Crippen MR) is 79.2 cm³/mol.